The highest BCUT2D eigenvalue weighted by Gasteiger charge is 2.03. The van der Waals surface area contributed by atoms with Crippen molar-refractivity contribution in [2.75, 3.05) is 0 Å². The molecule has 1 aromatic heterocycles. The summed E-state index contributed by atoms with van der Waals surface area (Å²) in [5, 5.41) is 0.659. The number of pyridine rings is 1. The molecule has 0 unspecified atom stereocenters. The molecule has 0 radical (unpaired) electrons. The molecule has 0 atom stereocenters. The van der Waals surface area contributed by atoms with Gasteiger partial charge in [0, 0.05) is 17.1 Å². The van der Waals surface area contributed by atoms with E-state index in [1.807, 2.05) is 0 Å². The lowest BCUT2D eigenvalue weighted by atomic mass is 10.1. The lowest BCUT2D eigenvalue weighted by Crippen LogP contribution is -1.89. The maximum Gasteiger partial charge on any atom is 0.151 e. The first-order chi connectivity index (χ1) is 6.70. The Labute approximate surface area is 80.4 Å². The molecular weight excluding hydrogens is 181 g/mol. The molecule has 0 aliphatic carbocycles. The highest BCUT2D eigenvalue weighted by atomic mass is 19.1. The molecule has 14 heavy (non-hydrogen) atoms. The first-order valence-electron chi connectivity index (χ1n) is 4.22. The number of rotatable bonds is 1. The number of carbonyl (C=O) groups is 1. The zero-order valence-corrected chi connectivity index (χ0v) is 7.62. The van der Waals surface area contributed by atoms with Crippen molar-refractivity contribution in [1.29, 1.82) is 0 Å². The highest BCUT2D eigenvalue weighted by Crippen LogP contribution is 2.18. The first kappa shape index (κ1) is 8.81. The molecule has 0 saturated heterocycles. The van der Waals surface area contributed by atoms with Gasteiger partial charge in [0.25, 0.3) is 0 Å². The third kappa shape index (κ3) is 1.37. The van der Waals surface area contributed by atoms with E-state index in [0.29, 0.717) is 22.8 Å². The molecule has 3 heteroatoms. The second kappa shape index (κ2) is 3.18. The summed E-state index contributed by atoms with van der Waals surface area (Å²) < 4.78 is 13.3. The van der Waals surface area contributed by atoms with Gasteiger partial charge in [-0.15, -0.1) is 0 Å². The Bertz CT molecular complexity index is 508. The number of nitrogens with zero attached hydrogens (tertiary/aromatic N) is 1. The van der Waals surface area contributed by atoms with Gasteiger partial charge in [-0.2, -0.15) is 0 Å². The van der Waals surface area contributed by atoms with Crippen molar-refractivity contribution >= 4 is 17.2 Å². The maximum absolute atomic E-state index is 13.3. The molecule has 1 heterocycles. The summed E-state index contributed by atoms with van der Waals surface area (Å²) in [6.45, 7) is 1.80. The van der Waals surface area contributed by atoms with Gasteiger partial charge in [0.1, 0.15) is 11.3 Å². The minimum atomic E-state index is -0.350. The molecular formula is C11H8FNO. The summed E-state index contributed by atoms with van der Waals surface area (Å²) in [6.07, 6.45) is 2.07. The molecule has 2 nitrogen and oxygen atoms in total. The third-order valence-corrected chi connectivity index (χ3v) is 2.04. The van der Waals surface area contributed by atoms with Crippen molar-refractivity contribution in [1.82, 2.24) is 4.98 Å². The van der Waals surface area contributed by atoms with Gasteiger partial charge < -0.3 is 0 Å². The molecule has 1 aromatic carbocycles. The van der Waals surface area contributed by atoms with E-state index in [9.17, 15) is 9.18 Å². The number of aryl methyl sites for hydroxylation is 1. The van der Waals surface area contributed by atoms with E-state index < -0.39 is 0 Å². The molecule has 2 rings (SSSR count). The second-order valence-corrected chi connectivity index (χ2v) is 3.20. The quantitative estimate of drug-likeness (QED) is 0.645. The lowest BCUT2D eigenvalue weighted by molar-refractivity contribution is 0.112. The minimum Gasteiger partial charge on any atom is -0.298 e. The van der Waals surface area contributed by atoms with Crippen molar-refractivity contribution < 1.29 is 9.18 Å². The zero-order valence-electron chi connectivity index (χ0n) is 7.62. The molecule has 70 valence electrons. The van der Waals surface area contributed by atoms with Gasteiger partial charge in [0.2, 0.25) is 0 Å². The summed E-state index contributed by atoms with van der Waals surface area (Å²) in [5.41, 5.74) is 1.59. The van der Waals surface area contributed by atoms with E-state index in [-0.39, 0.29) is 5.82 Å². The molecule has 0 aliphatic rings. The number of hydrogen-bond acceptors (Lipinski definition) is 2. The van der Waals surface area contributed by atoms with Crippen LogP contribution in [-0.2, 0) is 0 Å². The molecule has 0 fully saturated rings. The molecule has 0 N–H and O–H groups in total. The van der Waals surface area contributed by atoms with Crippen molar-refractivity contribution in [2.24, 2.45) is 0 Å². The Balaban J connectivity index is 2.81. The fraction of sp³-hybridized carbons (Fsp3) is 0.0909. The Kier molecular flexibility index (Phi) is 2.00. The van der Waals surface area contributed by atoms with E-state index in [1.165, 1.54) is 12.3 Å². The van der Waals surface area contributed by atoms with Crippen LogP contribution in [0, 0.1) is 12.7 Å². The van der Waals surface area contributed by atoms with Crippen LogP contribution >= 0.6 is 0 Å². The van der Waals surface area contributed by atoms with Gasteiger partial charge in [-0.25, -0.2) is 4.39 Å². The fourth-order valence-corrected chi connectivity index (χ4v) is 1.43. The molecule has 0 bridgehead atoms. The van der Waals surface area contributed by atoms with E-state index in [2.05, 4.69) is 4.98 Å². The Morgan fingerprint density at radius 2 is 2.14 bits per heavy atom. The third-order valence-electron chi connectivity index (χ3n) is 2.04. The average Bonchev–Trinajstić information content (AvgIpc) is 2.16. The number of aromatic nitrogens is 1. The Morgan fingerprint density at radius 1 is 1.36 bits per heavy atom. The van der Waals surface area contributed by atoms with Crippen LogP contribution in [0.15, 0.2) is 24.4 Å². The van der Waals surface area contributed by atoms with Crippen LogP contribution in [0.2, 0.25) is 0 Å². The van der Waals surface area contributed by atoms with Crippen LogP contribution in [0.4, 0.5) is 4.39 Å². The highest BCUT2D eigenvalue weighted by molar-refractivity contribution is 5.86. The number of benzene rings is 1. The normalized spacial score (nSPS) is 10.4. The predicted molar refractivity (Wildman–Crippen MR) is 51.8 cm³/mol. The smallest absolute Gasteiger partial charge is 0.151 e. The molecule has 0 spiro atoms. The molecule has 0 aliphatic heterocycles. The van der Waals surface area contributed by atoms with Crippen LogP contribution in [0.25, 0.3) is 10.9 Å². The number of aldehydes is 1. The van der Waals surface area contributed by atoms with E-state index in [0.717, 1.165) is 5.56 Å². The summed E-state index contributed by atoms with van der Waals surface area (Å²) in [4.78, 5) is 14.4. The van der Waals surface area contributed by atoms with Gasteiger partial charge >= 0.3 is 0 Å². The van der Waals surface area contributed by atoms with Crippen molar-refractivity contribution in [3.8, 4) is 0 Å². The number of hydrogen-bond donors (Lipinski definition) is 0. The van der Waals surface area contributed by atoms with E-state index in [4.69, 9.17) is 0 Å². The van der Waals surface area contributed by atoms with Crippen LogP contribution < -0.4 is 0 Å². The van der Waals surface area contributed by atoms with Gasteiger partial charge in [0.15, 0.2) is 6.29 Å². The standard InChI is InChI=1S/C11H8FNO/c1-7-2-9-4-8(6-14)5-13-11(9)10(12)3-7/h2-6H,1H3. The van der Waals surface area contributed by atoms with E-state index in [1.54, 1.807) is 19.1 Å². The lowest BCUT2D eigenvalue weighted by Gasteiger charge is -2.00. The minimum absolute atomic E-state index is 0.307. The van der Waals surface area contributed by atoms with Crippen LogP contribution in [0.3, 0.4) is 0 Å². The molecule has 2 aromatic rings. The molecule has 0 amide bonds. The maximum atomic E-state index is 13.3. The van der Waals surface area contributed by atoms with Crippen molar-refractivity contribution in [3.63, 3.8) is 0 Å². The largest absolute Gasteiger partial charge is 0.298 e. The summed E-state index contributed by atoms with van der Waals surface area (Å²) in [5.74, 6) is -0.350. The van der Waals surface area contributed by atoms with Crippen molar-refractivity contribution in [2.45, 2.75) is 6.92 Å². The monoisotopic (exact) mass is 189 g/mol. The Morgan fingerprint density at radius 3 is 2.86 bits per heavy atom. The van der Waals surface area contributed by atoms with Gasteiger partial charge in [-0.3, -0.25) is 9.78 Å². The van der Waals surface area contributed by atoms with Gasteiger partial charge in [-0.05, 0) is 30.7 Å². The summed E-state index contributed by atoms with van der Waals surface area (Å²) >= 11 is 0. The summed E-state index contributed by atoms with van der Waals surface area (Å²) in [7, 11) is 0. The first-order valence-corrected chi connectivity index (χ1v) is 4.22. The van der Waals surface area contributed by atoms with Crippen LogP contribution in [0.1, 0.15) is 15.9 Å². The zero-order chi connectivity index (χ0) is 10.1. The average molecular weight is 189 g/mol. The predicted octanol–water partition coefficient (Wildman–Crippen LogP) is 2.49. The van der Waals surface area contributed by atoms with Crippen LogP contribution in [-0.4, -0.2) is 11.3 Å². The fourth-order valence-electron chi connectivity index (χ4n) is 1.43. The number of carbonyl (C=O) groups excluding carboxylic acids is 1. The van der Waals surface area contributed by atoms with Crippen molar-refractivity contribution in [3.05, 3.63) is 41.3 Å². The van der Waals surface area contributed by atoms with Gasteiger partial charge in [0.05, 0.1) is 0 Å². The topological polar surface area (TPSA) is 30.0 Å². The van der Waals surface area contributed by atoms with E-state index >= 15 is 0 Å². The Hall–Kier alpha value is -1.77. The second-order valence-electron chi connectivity index (χ2n) is 3.20. The van der Waals surface area contributed by atoms with Crippen LogP contribution in [0.5, 0.6) is 0 Å². The SMILES string of the molecule is Cc1cc(F)c2ncc(C=O)cc2c1. The van der Waals surface area contributed by atoms with Gasteiger partial charge in [-0.1, -0.05) is 0 Å². The number of halogens is 1. The number of fused-ring (bicyclic) bond motifs is 1. The molecule has 0 saturated carbocycles. The summed E-state index contributed by atoms with van der Waals surface area (Å²) in [6, 6.07) is 4.86.